The molecule has 1 aromatic carbocycles. The number of halogens is 1. The number of nitrogen functional groups attached to an aromatic ring is 1. The first kappa shape index (κ1) is 8.68. The van der Waals surface area contributed by atoms with E-state index in [1.807, 2.05) is 0 Å². The summed E-state index contributed by atoms with van der Waals surface area (Å²) in [6, 6.07) is 4.62. The quantitative estimate of drug-likeness (QED) is 0.691. The molecule has 0 amide bonds. The van der Waals surface area contributed by atoms with Gasteiger partial charge in [-0.2, -0.15) is 0 Å². The first-order chi connectivity index (χ1) is 6.68. The molecule has 2 N–H and O–H groups in total. The third kappa shape index (κ3) is 1.32. The van der Waals surface area contributed by atoms with Gasteiger partial charge in [0.05, 0.1) is 11.9 Å². The van der Waals surface area contributed by atoms with Crippen molar-refractivity contribution in [2.45, 2.75) is 0 Å². The molecule has 0 aliphatic rings. The highest BCUT2D eigenvalue weighted by Crippen LogP contribution is 2.25. The second kappa shape index (κ2) is 3.10. The minimum absolute atomic E-state index is 0.105. The Hall–Kier alpha value is -1.91. The number of aromatic nitrogens is 3. The highest BCUT2D eigenvalue weighted by Gasteiger charge is 2.09. The van der Waals surface area contributed by atoms with Crippen molar-refractivity contribution in [2.75, 3.05) is 5.73 Å². The van der Waals surface area contributed by atoms with Crippen LogP contribution in [0.25, 0.3) is 11.3 Å². The van der Waals surface area contributed by atoms with E-state index in [0.29, 0.717) is 11.3 Å². The molecule has 0 fully saturated rings. The highest BCUT2D eigenvalue weighted by molar-refractivity contribution is 5.73. The second-order valence-electron chi connectivity index (χ2n) is 2.98. The Balaban J connectivity index is 2.57. The number of anilines is 1. The normalized spacial score (nSPS) is 10.4. The molecular formula is C9H9FN4. The van der Waals surface area contributed by atoms with E-state index in [-0.39, 0.29) is 5.69 Å². The summed E-state index contributed by atoms with van der Waals surface area (Å²) in [6.07, 6.45) is 1.69. The zero-order valence-electron chi connectivity index (χ0n) is 7.61. The Morgan fingerprint density at radius 3 is 2.86 bits per heavy atom. The molecule has 0 spiro atoms. The van der Waals surface area contributed by atoms with Gasteiger partial charge in [-0.25, -0.2) is 4.39 Å². The number of hydrogen-bond acceptors (Lipinski definition) is 3. The van der Waals surface area contributed by atoms with Gasteiger partial charge in [-0.15, -0.1) is 5.10 Å². The van der Waals surface area contributed by atoms with Crippen molar-refractivity contribution in [3.05, 3.63) is 30.2 Å². The maximum Gasteiger partial charge on any atom is 0.146 e. The minimum Gasteiger partial charge on any atom is -0.396 e. The van der Waals surface area contributed by atoms with Gasteiger partial charge in [-0.1, -0.05) is 17.3 Å². The van der Waals surface area contributed by atoms with Crippen LogP contribution in [0, 0.1) is 5.82 Å². The molecular weight excluding hydrogens is 183 g/mol. The maximum absolute atomic E-state index is 13.1. The monoisotopic (exact) mass is 192 g/mol. The average Bonchev–Trinajstić information content (AvgIpc) is 2.57. The summed E-state index contributed by atoms with van der Waals surface area (Å²) in [5, 5.41) is 7.61. The van der Waals surface area contributed by atoms with E-state index in [4.69, 9.17) is 5.73 Å². The third-order valence-corrected chi connectivity index (χ3v) is 1.93. The lowest BCUT2D eigenvalue weighted by Gasteiger charge is -2.01. The van der Waals surface area contributed by atoms with Gasteiger partial charge in [-0.3, -0.25) is 4.68 Å². The average molecular weight is 192 g/mol. The molecule has 5 heteroatoms. The van der Waals surface area contributed by atoms with Crippen LogP contribution in [0.5, 0.6) is 0 Å². The third-order valence-electron chi connectivity index (χ3n) is 1.93. The summed E-state index contributed by atoms with van der Waals surface area (Å²) >= 11 is 0. The number of benzene rings is 1. The van der Waals surface area contributed by atoms with E-state index in [9.17, 15) is 4.39 Å². The van der Waals surface area contributed by atoms with Crippen LogP contribution in [0.1, 0.15) is 0 Å². The number of aryl methyl sites for hydroxylation is 1. The molecule has 1 aromatic heterocycles. The van der Waals surface area contributed by atoms with Gasteiger partial charge in [0.25, 0.3) is 0 Å². The summed E-state index contributed by atoms with van der Waals surface area (Å²) < 4.78 is 14.6. The fourth-order valence-corrected chi connectivity index (χ4v) is 1.23. The molecule has 2 rings (SSSR count). The van der Waals surface area contributed by atoms with Gasteiger partial charge in [0.1, 0.15) is 11.5 Å². The molecule has 14 heavy (non-hydrogen) atoms. The van der Waals surface area contributed by atoms with Crippen LogP contribution in [0.3, 0.4) is 0 Å². The topological polar surface area (TPSA) is 56.7 Å². The van der Waals surface area contributed by atoms with Crippen molar-refractivity contribution in [3.63, 3.8) is 0 Å². The van der Waals surface area contributed by atoms with Crippen molar-refractivity contribution >= 4 is 5.69 Å². The Morgan fingerprint density at radius 1 is 1.43 bits per heavy atom. The molecule has 1 heterocycles. The number of nitrogens with two attached hydrogens (primary N) is 1. The molecule has 4 nitrogen and oxygen atoms in total. The van der Waals surface area contributed by atoms with E-state index >= 15 is 0 Å². The minimum atomic E-state index is -0.437. The Kier molecular flexibility index (Phi) is 1.92. The lowest BCUT2D eigenvalue weighted by atomic mass is 10.1. The van der Waals surface area contributed by atoms with Crippen LogP contribution in [-0.2, 0) is 7.05 Å². The van der Waals surface area contributed by atoms with Crippen LogP contribution in [-0.4, -0.2) is 15.0 Å². The molecule has 0 bridgehead atoms. The Morgan fingerprint density at radius 2 is 2.21 bits per heavy atom. The van der Waals surface area contributed by atoms with E-state index in [1.165, 1.54) is 6.07 Å². The van der Waals surface area contributed by atoms with Crippen molar-refractivity contribution in [1.29, 1.82) is 0 Å². The van der Waals surface area contributed by atoms with Crippen LogP contribution in [0.2, 0.25) is 0 Å². The lowest BCUT2D eigenvalue weighted by molar-refractivity contribution is 0.633. The predicted octanol–water partition coefficient (Wildman–Crippen LogP) is 1.20. The summed E-state index contributed by atoms with van der Waals surface area (Å²) in [4.78, 5) is 0. The van der Waals surface area contributed by atoms with Crippen molar-refractivity contribution in [1.82, 2.24) is 15.0 Å². The fraction of sp³-hybridized carbons (Fsp3) is 0.111. The van der Waals surface area contributed by atoms with Crippen LogP contribution < -0.4 is 5.73 Å². The van der Waals surface area contributed by atoms with Crippen molar-refractivity contribution in [2.24, 2.45) is 7.05 Å². The summed E-state index contributed by atoms with van der Waals surface area (Å²) in [5.41, 5.74) is 6.82. The molecule has 0 saturated carbocycles. The van der Waals surface area contributed by atoms with Gasteiger partial charge >= 0.3 is 0 Å². The summed E-state index contributed by atoms with van der Waals surface area (Å²) in [7, 11) is 1.74. The maximum atomic E-state index is 13.1. The van der Waals surface area contributed by atoms with E-state index in [2.05, 4.69) is 10.3 Å². The van der Waals surface area contributed by atoms with E-state index in [1.54, 1.807) is 30.1 Å². The van der Waals surface area contributed by atoms with Crippen LogP contribution in [0.4, 0.5) is 10.1 Å². The first-order valence-electron chi connectivity index (χ1n) is 4.09. The predicted molar refractivity (Wildman–Crippen MR) is 50.8 cm³/mol. The molecule has 0 aliphatic carbocycles. The number of hydrogen-bond donors (Lipinski definition) is 1. The fourth-order valence-electron chi connectivity index (χ4n) is 1.23. The van der Waals surface area contributed by atoms with Gasteiger partial charge in [0.15, 0.2) is 0 Å². The van der Waals surface area contributed by atoms with Gasteiger partial charge in [0, 0.05) is 12.6 Å². The Labute approximate surface area is 80.2 Å². The second-order valence-corrected chi connectivity index (χ2v) is 2.98. The van der Waals surface area contributed by atoms with Crippen molar-refractivity contribution < 1.29 is 4.39 Å². The molecule has 72 valence electrons. The SMILES string of the molecule is Cn1cc(-c2cccc(F)c2N)nn1. The molecule has 0 aliphatic heterocycles. The lowest BCUT2D eigenvalue weighted by Crippen LogP contribution is -1.94. The van der Waals surface area contributed by atoms with Crippen molar-refractivity contribution in [3.8, 4) is 11.3 Å². The zero-order chi connectivity index (χ0) is 10.1. The Bertz CT molecular complexity index is 464. The van der Waals surface area contributed by atoms with Crippen LogP contribution >= 0.6 is 0 Å². The zero-order valence-corrected chi connectivity index (χ0v) is 7.61. The van der Waals surface area contributed by atoms with Gasteiger partial charge in [-0.05, 0) is 6.07 Å². The number of para-hydroxylation sites is 1. The number of rotatable bonds is 1. The molecule has 2 aromatic rings. The first-order valence-corrected chi connectivity index (χ1v) is 4.09. The van der Waals surface area contributed by atoms with Crippen LogP contribution in [0.15, 0.2) is 24.4 Å². The number of nitrogens with zero attached hydrogens (tertiary/aromatic N) is 3. The smallest absolute Gasteiger partial charge is 0.146 e. The molecule has 0 atom stereocenters. The van der Waals surface area contributed by atoms with E-state index < -0.39 is 5.82 Å². The standard InChI is InChI=1S/C9H9FN4/c1-14-5-8(12-13-14)6-3-2-4-7(10)9(6)11/h2-5H,11H2,1H3. The van der Waals surface area contributed by atoms with Gasteiger partial charge < -0.3 is 5.73 Å². The summed E-state index contributed by atoms with van der Waals surface area (Å²) in [6.45, 7) is 0. The molecule has 0 saturated heterocycles. The highest BCUT2D eigenvalue weighted by atomic mass is 19.1. The largest absolute Gasteiger partial charge is 0.396 e. The molecule has 0 unspecified atom stereocenters. The van der Waals surface area contributed by atoms with E-state index in [0.717, 1.165) is 0 Å². The molecule has 0 radical (unpaired) electrons. The van der Waals surface area contributed by atoms with Gasteiger partial charge in [0.2, 0.25) is 0 Å². The summed E-state index contributed by atoms with van der Waals surface area (Å²) in [5.74, 6) is -0.437.